The number of halogens is 1. The van der Waals surface area contributed by atoms with Crippen LogP contribution in [0.5, 0.6) is 17.2 Å². The van der Waals surface area contributed by atoms with Gasteiger partial charge in [-0.2, -0.15) is 5.10 Å². The summed E-state index contributed by atoms with van der Waals surface area (Å²) in [5, 5.41) is 7.29. The maximum atomic E-state index is 11.9. The third-order valence-corrected chi connectivity index (χ3v) is 3.66. The van der Waals surface area contributed by atoms with Gasteiger partial charge in [0.05, 0.1) is 39.1 Å². The molecule has 0 fully saturated rings. The Morgan fingerprint density at radius 2 is 1.96 bits per heavy atom. The van der Waals surface area contributed by atoms with Crippen molar-refractivity contribution < 1.29 is 19.0 Å². The van der Waals surface area contributed by atoms with E-state index in [2.05, 4.69) is 15.8 Å². The van der Waals surface area contributed by atoms with Crippen LogP contribution in [-0.2, 0) is 4.79 Å². The number of amides is 1. The standard InChI is InChI=1S/C18H20ClN3O4/c1-24-14-6-4-5-13(9-14)20-11-17(23)22-21-10-12-7-15(19)18(26-3)16(8-12)25-2/h4-10,20H,11H2,1-3H3,(H,22,23)/b21-10-. The van der Waals surface area contributed by atoms with Gasteiger partial charge in [-0.3, -0.25) is 4.79 Å². The summed E-state index contributed by atoms with van der Waals surface area (Å²) in [6.07, 6.45) is 1.47. The van der Waals surface area contributed by atoms with E-state index in [9.17, 15) is 4.79 Å². The summed E-state index contributed by atoms with van der Waals surface area (Å²) < 4.78 is 15.5. The molecule has 0 saturated carbocycles. The number of benzene rings is 2. The summed E-state index contributed by atoms with van der Waals surface area (Å²) in [7, 11) is 4.61. The Labute approximate surface area is 156 Å². The first-order chi connectivity index (χ1) is 12.6. The minimum Gasteiger partial charge on any atom is -0.497 e. The van der Waals surface area contributed by atoms with Crippen LogP contribution in [0.15, 0.2) is 41.5 Å². The number of methoxy groups -OCH3 is 3. The van der Waals surface area contributed by atoms with E-state index in [4.69, 9.17) is 25.8 Å². The minimum absolute atomic E-state index is 0.0667. The van der Waals surface area contributed by atoms with Gasteiger partial charge in [-0.1, -0.05) is 17.7 Å². The van der Waals surface area contributed by atoms with Gasteiger partial charge < -0.3 is 19.5 Å². The van der Waals surface area contributed by atoms with Crippen molar-refractivity contribution in [2.75, 3.05) is 33.2 Å². The predicted octanol–water partition coefficient (Wildman–Crippen LogP) is 2.93. The zero-order chi connectivity index (χ0) is 18.9. The molecule has 2 N–H and O–H groups in total. The van der Waals surface area contributed by atoms with Gasteiger partial charge in [-0.15, -0.1) is 0 Å². The molecular weight excluding hydrogens is 358 g/mol. The predicted molar refractivity (Wildman–Crippen MR) is 102 cm³/mol. The van der Waals surface area contributed by atoms with Gasteiger partial charge in [0.2, 0.25) is 0 Å². The number of ether oxygens (including phenoxy) is 3. The lowest BCUT2D eigenvalue weighted by Crippen LogP contribution is -2.25. The van der Waals surface area contributed by atoms with Crippen LogP contribution in [0.2, 0.25) is 5.02 Å². The van der Waals surface area contributed by atoms with Gasteiger partial charge in [-0.25, -0.2) is 5.43 Å². The molecule has 0 saturated heterocycles. The third kappa shape index (κ3) is 5.29. The first-order valence-electron chi connectivity index (χ1n) is 7.68. The van der Waals surface area contributed by atoms with Gasteiger partial charge in [0.15, 0.2) is 11.5 Å². The van der Waals surface area contributed by atoms with Crippen molar-refractivity contribution in [1.82, 2.24) is 5.43 Å². The summed E-state index contributed by atoms with van der Waals surface area (Å²) in [5.74, 6) is 1.33. The molecule has 0 aromatic heterocycles. The smallest absolute Gasteiger partial charge is 0.259 e. The Morgan fingerprint density at radius 1 is 1.15 bits per heavy atom. The highest BCUT2D eigenvalue weighted by Crippen LogP contribution is 2.35. The lowest BCUT2D eigenvalue weighted by atomic mass is 10.2. The average molecular weight is 378 g/mol. The topological polar surface area (TPSA) is 81.2 Å². The molecule has 0 aliphatic carbocycles. The molecular formula is C18H20ClN3O4. The molecule has 0 unspecified atom stereocenters. The second-order valence-corrected chi connectivity index (χ2v) is 5.52. The summed E-state index contributed by atoms with van der Waals surface area (Å²) in [5.41, 5.74) is 3.87. The van der Waals surface area contributed by atoms with Crippen LogP contribution >= 0.6 is 11.6 Å². The quantitative estimate of drug-likeness (QED) is 0.546. The number of carbonyl (C=O) groups excluding carboxylic acids is 1. The van der Waals surface area contributed by atoms with Crippen LogP contribution in [0.4, 0.5) is 5.69 Å². The highest BCUT2D eigenvalue weighted by molar-refractivity contribution is 6.32. The normalized spacial score (nSPS) is 10.5. The maximum Gasteiger partial charge on any atom is 0.259 e. The average Bonchev–Trinajstić information content (AvgIpc) is 2.66. The van der Waals surface area contributed by atoms with Crippen LogP contribution in [-0.4, -0.2) is 40.0 Å². The van der Waals surface area contributed by atoms with Crippen LogP contribution < -0.4 is 25.0 Å². The van der Waals surface area contributed by atoms with E-state index in [1.165, 1.54) is 20.4 Å². The molecule has 0 heterocycles. The molecule has 26 heavy (non-hydrogen) atoms. The molecule has 138 valence electrons. The zero-order valence-corrected chi connectivity index (χ0v) is 15.5. The van der Waals surface area contributed by atoms with Gasteiger partial charge in [0.25, 0.3) is 5.91 Å². The molecule has 0 bridgehead atoms. The van der Waals surface area contributed by atoms with Gasteiger partial charge in [-0.05, 0) is 29.8 Å². The minimum atomic E-state index is -0.296. The summed E-state index contributed by atoms with van der Waals surface area (Å²) >= 11 is 6.12. The molecule has 0 aliphatic rings. The maximum absolute atomic E-state index is 11.9. The summed E-state index contributed by atoms with van der Waals surface area (Å²) in [6.45, 7) is 0.0667. The SMILES string of the molecule is COc1cccc(NCC(=O)N/N=C\c2cc(Cl)c(OC)c(OC)c2)c1. The van der Waals surface area contributed by atoms with Crippen molar-refractivity contribution >= 4 is 29.4 Å². The number of hydrazone groups is 1. The highest BCUT2D eigenvalue weighted by atomic mass is 35.5. The summed E-state index contributed by atoms with van der Waals surface area (Å²) in [4.78, 5) is 11.9. The molecule has 2 aromatic carbocycles. The third-order valence-electron chi connectivity index (χ3n) is 3.38. The Hall–Kier alpha value is -2.93. The fraction of sp³-hybridized carbons (Fsp3) is 0.222. The van der Waals surface area contributed by atoms with Crippen molar-refractivity contribution in [3.63, 3.8) is 0 Å². The Balaban J connectivity index is 1.91. The van der Waals surface area contributed by atoms with Crippen LogP contribution in [0.3, 0.4) is 0 Å². The first kappa shape index (κ1) is 19.4. The lowest BCUT2D eigenvalue weighted by Gasteiger charge is -2.10. The van der Waals surface area contributed by atoms with Crippen molar-refractivity contribution in [3.05, 3.63) is 47.0 Å². The van der Waals surface area contributed by atoms with Gasteiger partial charge in [0, 0.05) is 11.8 Å². The van der Waals surface area contributed by atoms with Crippen molar-refractivity contribution in [2.24, 2.45) is 5.10 Å². The summed E-state index contributed by atoms with van der Waals surface area (Å²) in [6, 6.07) is 10.6. The van der Waals surface area contributed by atoms with Crippen molar-refractivity contribution in [3.8, 4) is 17.2 Å². The van der Waals surface area contributed by atoms with E-state index in [1.807, 2.05) is 18.2 Å². The number of anilines is 1. The number of hydrogen-bond donors (Lipinski definition) is 2. The molecule has 0 spiro atoms. The van der Waals surface area contributed by atoms with E-state index >= 15 is 0 Å². The molecule has 8 heteroatoms. The fourth-order valence-corrected chi connectivity index (χ4v) is 2.44. The molecule has 0 radical (unpaired) electrons. The number of rotatable bonds is 8. The Morgan fingerprint density at radius 3 is 2.65 bits per heavy atom. The van der Waals surface area contributed by atoms with Crippen molar-refractivity contribution in [2.45, 2.75) is 0 Å². The number of carbonyl (C=O) groups is 1. The molecule has 0 atom stereocenters. The van der Waals surface area contributed by atoms with Crippen LogP contribution in [0, 0.1) is 0 Å². The number of nitrogens with one attached hydrogen (secondary N) is 2. The van der Waals surface area contributed by atoms with Gasteiger partial charge in [0.1, 0.15) is 5.75 Å². The molecule has 7 nitrogen and oxygen atoms in total. The second kappa shape index (κ2) is 9.53. The van der Waals surface area contributed by atoms with Crippen molar-refractivity contribution in [1.29, 1.82) is 0 Å². The van der Waals surface area contributed by atoms with E-state index < -0.39 is 0 Å². The number of nitrogens with zero attached hydrogens (tertiary/aromatic N) is 1. The molecule has 1 amide bonds. The molecule has 2 rings (SSSR count). The second-order valence-electron chi connectivity index (χ2n) is 5.12. The zero-order valence-electron chi connectivity index (χ0n) is 14.7. The van der Waals surface area contributed by atoms with Gasteiger partial charge >= 0.3 is 0 Å². The van der Waals surface area contributed by atoms with E-state index in [0.717, 1.165) is 5.69 Å². The first-order valence-corrected chi connectivity index (χ1v) is 8.06. The largest absolute Gasteiger partial charge is 0.497 e. The van der Waals surface area contributed by atoms with E-state index in [-0.39, 0.29) is 12.5 Å². The Bertz CT molecular complexity index is 796. The highest BCUT2D eigenvalue weighted by Gasteiger charge is 2.10. The molecule has 0 aliphatic heterocycles. The Kier molecular flexibility index (Phi) is 7.11. The van der Waals surface area contributed by atoms with Crippen LogP contribution in [0.25, 0.3) is 0 Å². The lowest BCUT2D eigenvalue weighted by molar-refractivity contribution is -0.119. The van der Waals surface area contributed by atoms with E-state index in [1.54, 1.807) is 25.3 Å². The molecule has 2 aromatic rings. The van der Waals surface area contributed by atoms with Crippen LogP contribution in [0.1, 0.15) is 5.56 Å². The van der Waals surface area contributed by atoms with E-state index in [0.29, 0.717) is 27.8 Å². The monoisotopic (exact) mass is 377 g/mol. The number of hydrogen-bond acceptors (Lipinski definition) is 6. The fourth-order valence-electron chi connectivity index (χ4n) is 2.15.